The Hall–Kier alpha value is -0.740. The summed E-state index contributed by atoms with van der Waals surface area (Å²) in [6.45, 7) is 9.01. The lowest BCUT2D eigenvalue weighted by Gasteiger charge is -2.18. The Labute approximate surface area is 131 Å². The second-order valence-electron chi connectivity index (χ2n) is 4.88. The Morgan fingerprint density at radius 3 is 2.45 bits per heavy atom. The van der Waals surface area contributed by atoms with Crippen molar-refractivity contribution in [2.45, 2.75) is 40.2 Å². The van der Waals surface area contributed by atoms with Gasteiger partial charge >= 0.3 is 0 Å². The Kier molecular flexibility index (Phi) is 8.00. The van der Waals surface area contributed by atoms with Gasteiger partial charge in [0.05, 0.1) is 18.2 Å². The van der Waals surface area contributed by atoms with Gasteiger partial charge in [0.25, 0.3) is 0 Å². The number of ether oxygens (including phenoxy) is 2. The van der Waals surface area contributed by atoms with Crippen molar-refractivity contribution in [3.8, 4) is 11.5 Å². The molecule has 0 aliphatic heterocycles. The highest BCUT2D eigenvalue weighted by Gasteiger charge is 2.13. The van der Waals surface area contributed by atoms with Gasteiger partial charge in [0.2, 0.25) is 0 Å². The Morgan fingerprint density at radius 2 is 1.90 bits per heavy atom. The first-order valence-corrected chi connectivity index (χ1v) is 8.15. The zero-order valence-electron chi connectivity index (χ0n) is 13.0. The number of nitrogens with one attached hydrogen (secondary N) is 1. The predicted octanol–water partition coefficient (Wildman–Crippen LogP) is 4.38. The quantitative estimate of drug-likeness (QED) is 0.721. The molecule has 0 aromatic heterocycles. The zero-order valence-corrected chi connectivity index (χ0v) is 14.5. The van der Waals surface area contributed by atoms with Gasteiger partial charge in [0.1, 0.15) is 0 Å². The van der Waals surface area contributed by atoms with Gasteiger partial charge in [-0.15, -0.1) is 0 Å². The minimum atomic E-state index is 0.591. The van der Waals surface area contributed by atoms with E-state index < -0.39 is 0 Å². The molecule has 0 spiro atoms. The Balaban J connectivity index is 2.84. The second-order valence-corrected chi connectivity index (χ2v) is 5.74. The minimum absolute atomic E-state index is 0.591. The number of rotatable bonds is 9. The SMILES string of the molecule is CCNCc1cc(Br)c(OCC(CC)CC)c(OC)c1. The highest BCUT2D eigenvalue weighted by molar-refractivity contribution is 9.10. The summed E-state index contributed by atoms with van der Waals surface area (Å²) in [7, 11) is 1.68. The molecular formula is C16H26BrNO2. The summed E-state index contributed by atoms with van der Waals surface area (Å²) in [6, 6.07) is 4.13. The maximum atomic E-state index is 5.97. The third-order valence-electron chi connectivity index (χ3n) is 3.49. The summed E-state index contributed by atoms with van der Waals surface area (Å²) in [5.41, 5.74) is 1.19. The average Bonchev–Trinajstić information content (AvgIpc) is 2.47. The van der Waals surface area contributed by atoms with E-state index in [9.17, 15) is 0 Å². The van der Waals surface area contributed by atoms with E-state index in [1.54, 1.807) is 7.11 Å². The van der Waals surface area contributed by atoms with Gasteiger partial charge in [-0.05, 0) is 46.1 Å². The van der Waals surface area contributed by atoms with Crippen LogP contribution in [0.5, 0.6) is 11.5 Å². The van der Waals surface area contributed by atoms with E-state index in [-0.39, 0.29) is 0 Å². The van der Waals surface area contributed by atoms with E-state index >= 15 is 0 Å². The molecule has 20 heavy (non-hydrogen) atoms. The summed E-state index contributed by atoms with van der Waals surface area (Å²) in [4.78, 5) is 0. The number of hydrogen-bond acceptors (Lipinski definition) is 3. The fourth-order valence-corrected chi connectivity index (χ4v) is 2.61. The summed E-state index contributed by atoms with van der Waals surface area (Å²) < 4.78 is 12.4. The zero-order chi connectivity index (χ0) is 15.0. The van der Waals surface area contributed by atoms with Crippen LogP contribution in [0.25, 0.3) is 0 Å². The average molecular weight is 344 g/mol. The standard InChI is InChI=1S/C16H26BrNO2/c1-5-12(6-2)11-20-16-14(17)8-13(10-18-7-3)9-15(16)19-4/h8-9,12,18H,5-7,10-11H2,1-4H3. The van der Waals surface area contributed by atoms with E-state index in [0.29, 0.717) is 5.92 Å². The fourth-order valence-electron chi connectivity index (χ4n) is 2.01. The number of halogens is 1. The summed E-state index contributed by atoms with van der Waals surface area (Å²) in [5, 5.41) is 3.31. The largest absolute Gasteiger partial charge is 0.493 e. The van der Waals surface area contributed by atoms with E-state index in [1.807, 2.05) is 6.07 Å². The van der Waals surface area contributed by atoms with E-state index in [2.05, 4.69) is 48.1 Å². The lowest BCUT2D eigenvalue weighted by atomic mass is 10.1. The van der Waals surface area contributed by atoms with Crippen molar-refractivity contribution in [1.82, 2.24) is 5.32 Å². The predicted molar refractivity (Wildman–Crippen MR) is 87.6 cm³/mol. The molecule has 0 saturated heterocycles. The van der Waals surface area contributed by atoms with Gasteiger partial charge in [-0.2, -0.15) is 0 Å². The fraction of sp³-hybridized carbons (Fsp3) is 0.625. The first-order valence-electron chi connectivity index (χ1n) is 7.36. The van der Waals surface area contributed by atoms with Gasteiger partial charge in [-0.1, -0.05) is 33.6 Å². The molecule has 0 amide bonds. The molecule has 0 unspecified atom stereocenters. The Bertz CT molecular complexity index is 406. The first kappa shape index (κ1) is 17.3. The van der Waals surface area contributed by atoms with Crippen LogP contribution in [0.4, 0.5) is 0 Å². The van der Waals surface area contributed by atoms with Crippen molar-refractivity contribution in [2.24, 2.45) is 5.92 Å². The molecule has 0 heterocycles. The molecule has 4 heteroatoms. The van der Waals surface area contributed by atoms with Gasteiger partial charge in [0.15, 0.2) is 11.5 Å². The lowest BCUT2D eigenvalue weighted by molar-refractivity contribution is 0.229. The van der Waals surface area contributed by atoms with Crippen molar-refractivity contribution in [1.29, 1.82) is 0 Å². The van der Waals surface area contributed by atoms with Crippen molar-refractivity contribution in [3.63, 3.8) is 0 Å². The first-order chi connectivity index (χ1) is 9.65. The topological polar surface area (TPSA) is 30.5 Å². The highest BCUT2D eigenvalue weighted by atomic mass is 79.9. The van der Waals surface area contributed by atoms with Crippen LogP contribution in [0.15, 0.2) is 16.6 Å². The third-order valence-corrected chi connectivity index (χ3v) is 4.08. The van der Waals surface area contributed by atoms with E-state index in [0.717, 1.165) is 48.5 Å². The smallest absolute Gasteiger partial charge is 0.175 e. The summed E-state index contributed by atoms with van der Waals surface area (Å²) >= 11 is 3.59. The van der Waals surface area contributed by atoms with Crippen molar-refractivity contribution in [2.75, 3.05) is 20.3 Å². The molecule has 1 aromatic carbocycles. The minimum Gasteiger partial charge on any atom is -0.493 e. The monoisotopic (exact) mass is 343 g/mol. The Morgan fingerprint density at radius 1 is 1.20 bits per heavy atom. The van der Waals surface area contributed by atoms with Gasteiger partial charge < -0.3 is 14.8 Å². The van der Waals surface area contributed by atoms with Gasteiger partial charge in [-0.3, -0.25) is 0 Å². The number of hydrogen-bond donors (Lipinski definition) is 1. The van der Waals surface area contributed by atoms with E-state index in [4.69, 9.17) is 9.47 Å². The molecule has 1 N–H and O–H groups in total. The van der Waals surface area contributed by atoms with Crippen molar-refractivity contribution < 1.29 is 9.47 Å². The van der Waals surface area contributed by atoms with Crippen LogP contribution in [0.1, 0.15) is 39.2 Å². The molecule has 3 nitrogen and oxygen atoms in total. The second kappa shape index (κ2) is 9.24. The van der Waals surface area contributed by atoms with Crippen LogP contribution in [-0.2, 0) is 6.54 Å². The molecule has 0 aliphatic carbocycles. The van der Waals surface area contributed by atoms with Crippen molar-refractivity contribution in [3.05, 3.63) is 22.2 Å². The van der Waals surface area contributed by atoms with E-state index in [1.165, 1.54) is 5.56 Å². The van der Waals surface area contributed by atoms with Crippen LogP contribution in [0.3, 0.4) is 0 Å². The van der Waals surface area contributed by atoms with Crippen LogP contribution < -0.4 is 14.8 Å². The van der Waals surface area contributed by atoms with Crippen LogP contribution in [0.2, 0.25) is 0 Å². The van der Waals surface area contributed by atoms with Crippen LogP contribution in [-0.4, -0.2) is 20.3 Å². The molecule has 0 saturated carbocycles. The molecule has 0 atom stereocenters. The number of benzene rings is 1. The maximum Gasteiger partial charge on any atom is 0.175 e. The molecule has 0 bridgehead atoms. The molecule has 0 aliphatic rings. The molecule has 1 aromatic rings. The molecular weight excluding hydrogens is 318 g/mol. The molecule has 1 rings (SSSR count). The van der Waals surface area contributed by atoms with Crippen molar-refractivity contribution >= 4 is 15.9 Å². The molecule has 114 valence electrons. The summed E-state index contributed by atoms with van der Waals surface area (Å²) in [6.07, 6.45) is 2.27. The highest BCUT2D eigenvalue weighted by Crippen LogP contribution is 2.37. The molecule has 0 radical (unpaired) electrons. The normalized spacial score (nSPS) is 10.9. The van der Waals surface area contributed by atoms with Crippen LogP contribution in [0, 0.1) is 5.92 Å². The third kappa shape index (κ3) is 4.98. The van der Waals surface area contributed by atoms with Gasteiger partial charge in [0, 0.05) is 6.54 Å². The lowest BCUT2D eigenvalue weighted by Crippen LogP contribution is -2.13. The maximum absolute atomic E-state index is 5.97. The van der Waals surface area contributed by atoms with Gasteiger partial charge in [-0.25, -0.2) is 0 Å². The number of methoxy groups -OCH3 is 1. The molecule has 0 fully saturated rings. The van der Waals surface area contributed by atoms with Crippen LogP contribution >= 0.6 is 15.9 Å². The summed E-state index contributed by atoms with van der Waals surface area (Å²) in [5.74, 6) is 2.19.